The van der Waals surface area contributed by atoms with Gasteiger partial charge in [-0.05, 0) is 42.7 Å². The summed E-state index contributed by atoms with van der Waals surface area (Å²) in [5, 5.41) is 8.45. The van der Waals surface area contributed by atoms with E-state index < -0.39 is 5.91 Å². The van der Waals surface area contributed by atoms with Crippen molar-refractivity contribution in [2.45, 2.75) is 33.3 Å². The van der Waals surface area contributed by atoms with Crippen molar-refractivity contribution >= 4 is 11.7 Å². The smallest absolute Gasteiger partial charge is 0.243 e. The van der Waals surface area contributed by atoms with Crippen LogP contribution in [0.25, 0.3) is 0 Å². The Balaban J connectivity index is 2.02. The van der Waals surface area contributed by atoms with E-state index in [0.717, 1.165) is 16.7 Å². The van der Waals surface area contributed by atoms with E-state index in [1.807, 2.05) is 32.0 Å². The molecule has 5 heteroatoms. The van der Waals surface area contributed by atoms with Gasteiger partial charge in [-0.3, -0.25) is 14.8 Å². The number of ketones is 1. The zero-order chi connectivity index (χ0) is 17.5. The van der Waals surface area contributed by atoms with Crippen LogP contribution in [0.15, 0.2) is 42.5 Å². The lowest BCUT2D eigenvalue weighted by atomic mass is 10.0. The largest absolute Gasteiger partial charge is 0.489 e. The summed E-state index contributed by atoms with van der Waals surface area (Å²) >= 11 is 0. The zero-order valence-electron chi connectivity index (χ0n) is 13.8. The Morgan fingerprint density at radius 2 is 1.71 bits per heavy atom. The van der Waals surface area contributed by atoms with Gasteiger partial charge < -0.3 is 4.74 Å². The second-order valence-electron chi connectivity index (χ2n) is 5.65. The van der Waals surface area contributed by atoms with Crippen molar-refractivity contribution in [1.82, 2.24) is 5.48 Å². The molecule has 0 aliphatic rings. The van der Waals surface area contributed by atoms with Crippen LogP contribution in [0.5, 0.6) is 5.75 Å². The first-order valence-corrected chi connectivity index (χ1v) is 7.75. The number of benzene rings is 2. The van der Waals surface area contributed by atoms with Crippen LogP contribution in [0.4, 0.5) is 0 Å². The Morgan fingerprint density at radius 1 is 1.04 bits per heavy atom. The molecule has 5 nitrogen and oxygen atoms in total. The monoisotopic (exact) mass is 327 g/mol. The predicted molar refractivity (Wildman–Crippen MR) is 90.2 cm³/mol. The summed E-state index contributed by atoms with van der Waals surface area (Å²) in [5.74, 6) is -0.142. The summed E-state index contributed by atoms with van der Waals surface area (Å²) in [6.07, 6.45) is -0.0183. The van der Waals surface area contributed by atoms with Crippen molar-refractivity contribution in [3.63, 3.8) is 0 Å². The van der Waals surface area contributed by atoms with Crippen LogP contribution in [0, 0.1) is 13.8 Å². The van der Waals surface area contributed by atoms with Crippen molar-refractivity contribution in [3.8, 4) is 5.75 Å². The molecule has 0 unspecified atom stereocenters. The van der Waals surface area contributed by atoms with Gasteiger partial charge in [-0.25, -0.2) is 5.48 Å². The van der Waals surface area contributed by atoms with Gasteiger partial charge in [0.25, 0.3) is 0 Å². The maximum absolute atomic E-state index is 12.1. The third-order valence-electron chi connectivity index (χ3n) is 3.89. The van der Waals surface area contributed by atoms with Crippen molar-refractivity contribution < 1.29 is 19.5 Å². The van der Waals surface area contributed by atoms with Gasteiger partial charge in [0.1, 0.15) is 12.4 Å². The molecule has 2 aromatic carbocycles. The lowest BCUT2D eigenvalue weighted by molar-refractivity contribution is -0.129. The molecule has 24 heavy (non-hydrogen) atoms. The number of nitrogens with one attached hydrogen (secondary N) is 1. The number of rotatable bonds is 7. The van der Waals surface area contributed by atoms with Crippen LogP contribution in [0.1, 0.15) is 39.9 Å². The Kier molecular flexibility index (Phi) is 6.09. The number of aryl methyl sites for hydroxylation is 2. The summed E-state index contributed by atoms with van der Waals surface area (Å²) in [6, 6.07) is 13.0. The van der Waals surface area contributed by atoms with Crippen LogP contribution in [0.2, 0.25) is 0 Å². The number of hydroxylamine groups is 1. The topological polar surface area (TPSA) is 75.6 Å². The molecule has 0 aliphatic heterocycles. The maximum Gasteiger partial charge on any atom is 0.243 e. The average Bonchev–Trinajstić information content (AvgIpc) is 2.59. The van der Waals surface area contributed by atoms with Gasteiger partial charge in [-0.15, -0.1) is 0 Å². The van der Waals surface area contributed by atoms with E-state index >= 15 is 0 Å². The molecule has 0 bridgehead atoms. The highest BCUT2D eigenvalue weighted by Crippen LogP contribution is 2.19. The second-order valence-corrected chi connectivity index (χ2v) is 5.65. The highest BCUT2D eigenvalue weighted by Gasteiger charge is 2.10. The molecular weight excluding hydrogens is 306 g/mol. The van der Waals surface area contributed by atoms with E-state index in [9.17, 15) is 9.59 Å². The van der Waals surface area contributed by atoms with Crippen LogP contribution < -0.4 is 10.2 Å². The standard InChI is InChI=1S/C19H21NO4/c1-13-5-3-6-14(2)17(13)12-24-16-8-4-7-15(11-16)18(21)9-10-19(22)20-23/h3-8,11,23H,9-10,12H2,1-2H3,(H,20,22). The van der Waals surface area contributed by atoms with Crippen molar-refractivity contribution in [2.24, 2.45) is 0 Å². The Labute approximate surface area is 141 Å². The average molecular weight is 327 g/mol. The van der Waals surface area contributed by atoms with Crippen molar-refractivity contribution in [2.75, 3.05) is 0 Å². The molecule has 0 saturated heterocycles. The van der Waals surface area contributed by atoms with Gasteiger partial charge >= 0.3 is 0 Å². The molecule has 0 aliphatic carbocycles. The van der Waals surface area contributed by atoms with Gasteiger partial charge in [-0.1, -0.05) is 30.3 Å². The summed E-state index contributed by atoms with van der Waals surface area (Å²) in [5.41, 5.74) is 5.46. The first-order chi connectivity index (χ1) is 11.5. The minimum Gasteiger partial charge on any atom is -0.489 e. The fourth-order valence-electron chi connectivity index (χ4n) is 2.42. The summed E-state index contributed by atoms with van der Waals surface area (Å²) in [4.78, 5) is 23.1. The molecule has 126 valence electrons. The van der Waals surface area contributed by atoms with Gasteiger partial charge in [0.2, 0.25) is 5.91 Å². The fraction of sp³-hybridized carbons (Fsp3) is 0.263. The van der Waals surface area contributed by atoms with Gasteiger partial charge in [0, 0.05) is 18.4 Å². The molecule has 2 N–H and O–H groups in total. The molecular formula is C19H21NO4. The molecule has 0 heterocycles. The van der Waals surface area contributed by atoms with Crippen LogP contribution in [0.3, 0.4) is 0 Å². The minimum atomic E-state index is -0.578. The number of amides is 1. The first-order valence-electron chi connectivity index (χ1n) is 7.75. The third kappa shape index (κ3) is 4.67. The Bertz CT molecular complexity index is 720. The zero-order valence-corrected chi connectivity index (χ0v) is 13.8. The van der Waals surface area contributed by atoms with Crippen LogP contribution in [-0.4, -0.2) is 16.9 Å². The number of hydrogen-bond acceptors (Lipinski definition) is 4. The second kappa shape index (κ2) is 8.26. The molecule has 0 aromatic heterocycles. The number of hydrogen-bond donors (Lipinski definition) is 2. The minimum absolute atomic E-state index is 0.0345. The quantitative estimate of drug-likeness (QED) is 0.464. The molecule has 0 radical (unpaired) electrons. The maximum atomic E-state index is 12.1. The molecule has 0 atom stereocenters. The number of ether oxygens (including phenoxy) is 1. The lowest BCUT2D eigenvalue weighted by Gasteiger charge is -2.12. The lowest BCUT2D eigenvalue weighted by Crippen LogP contribution is -2.19. The Morgan fingerprint density at radius 3 is 2.38 bits per heavy atom. The normalized spacial score (nSPS) is 10.3. The third-order valence-corrected chi connectivity index (χ3v) is 3.89. The first kappa shape index (κ1) is 17.7. The van der Waals surface area contributed by atoms with Crippen LogP contribution >= 0.6 is 0 Å². The number of Topliss-reactive ketones (excluding diaryl/α,β-unsaturated/α-hetero) is 1. The van der Waals surface area contributed by atoms with Crippen LogP contribution in [-0.2, 0) is 11.4 Å². The molecule has 2 aromatic rings. The number of carbonyl (C=O) groups is 2. The van der Waals surface area contributed by atoms with E-state index in [-0.39, 0.29) is 18.6 Å². The summed E-state index contributed by atoms with van der Waals surface area (Å²) < 4.78 is 5.82. The summed E-state index contributed by atoms with van der Waals surface area (Å²) in [6.45, 7) is 4.51. The van der Waals surface area contributed by atoms with Gasteiger partial charge in [-0.2, -0.15) is 0 Å². The molecule has 0 saturated carbocycles. The molecule has 1 amide bonds. The van der Waals surface area contributed by atoms with Crippen molar-refractivity contribution in [1.29, 1.82) is 0 Å². The van der Waals surface area contributed by atoms with E-state index in [1.54, 1.807) is 24.3 Å². The highest BCUT2D eigenvalue weighted by atomic mass is 16.5. The van der Waals surface area contributed by atoms with Crippen molar-refractivity contribution in [3.05, 3.63) is 64.7 Å². The van der Waals surface area contributed by atoms with Gasteiger partial charge in [0.15, 0.2) is 5.78 Å². The molecule has 0 spiro atoms. The summed E-state index contributed by atoms with van der Waals surface area (Å²) in [7, 11) is 0. The van der Waals surface area contributed by atoms with E-state index in [0.29, 0.717) is 17.9 Å². The Hall–Kier alpha value is -2.66. The molecule has 0 fully saturated rings. The highest BCUT2D eigenvalue weighted by molar-refractivity contribution is 5.98. The van der Waals surface area contributed by atoms with E-state index in [4.69, 9.17) is 9.94 Å². The van der Waals surface area contributed by atoms with Gasteiger partial charge in [0.05, 0.1) is 0 Å². The van der Waals surface area contributed by atoms with E-state index in [1.165, 1.54) is 5.48 Å². The molecule has 2 rings (SSSR count). The number of carbonyl (C=O) groups excluding carboxylic acids is 2. The predicted octanol–water partition coefficient (Wildman–Crippen LogP) is 3.35. The van der Waals surface area contributed by atoms with E-state index in [2.05, 4.69) is 0 Å². The fourth-order valence-corrected chi connectivity index (χ4v) is 2.42. The SMILES string of the molecule is Cc1cccc(C)c1COc1cccc(C(=O)CCC(=O)NO)c1.